The van der Waals surface area contributed by atoms with Crippen molar-refractivity contribution in [2.24, 2.45) is 5.10 Å². The third-order valence-electron chi connectivity index (χ3n) is 5.21. The number of halogens is 1. The van der Waals surface area contributed by atoms with Gasteiger partial charge in [-0.25, -0.2) is 9.78 Å². The van der Waals surface area contributed by atoms with E-state index in [-0.39, 0.29) is 11.5 Å². The van der Waals surface area contributed by atoms with Gasteiger partial charge in [-0.15, -0.1) is 0 Å². The lowest BCUT2D eigenvalue weighted by atomic mass is 10.2. The number of hydrogen-bond donors (Lipinski definition) is 1. The lowest BCUT2D eigenvalue weighted by Crippen LogP contribution is -2.23. The van der Waals surface area contributed by atoms with Crippen LogP contribution in [0.3, 0.4) is 0 Å². The number of carbonyl (C=O) groups is 1. The molecule has 0 bridgehead atoms. The molecular formula is C23H21BrN4O3. The lowest BCUT2D eigenvalue weighted by molar-refractivity contribution is -0.140. The topological polar surface area (TPSA) is 89.5 Å². The molecular weight excluding hydrogens is 460 g/mol. The van der Waals surface area contributed by atoms with Crippen LogP contribution in [0.25, 0.3) is 21.8 Å². The van der Waals surface area contributed by atoms with E-state index in [1.165, 1.54) is 4.68 Å². The van der Waals surface area contributed by atoms with E-state index >= 15 is 0 Å². The predicted octanol–water partition coefficient (Wildman–Crippen LogP) is 4.76. The first-order chi connectivity index (χ1) is 14.8. The first-order valence-corrected chi connectivity index (χ1v) is 10.7. The second-order valence-electron chi connectivity index (χ2n) is 7.67. The highest BCUT2D eigenvalue weighted by Gasteiger charge is 2.18. The number of aromatic nitrogens is 3. The van der Waals surface area contributed by atoms with Gasteiger partial charge in [0.2, 0.25) is 0 Å². The summed E-state index contributed by atoms with van der Waals surface area (Å²) in [5.41, 5.74) is 1.87. The summed E-state index contributed by atoms with van der Waals surface area (Å²) in [6.07, 6.45) is 3.34. The summed E-state index contributed by atoms with van der Waals surface area (Å²) in [6.45, 7) is 5.54. The molecule has 158 valence electrons. The van der Waals surface area contributed by atoms with E-state index in [2.05, 4.69) is 26.0 Å². The van der Waals surface area contributed by atoms with Gasteiger partial charge >= 0.3 is 5.97 Å². The summed E-state index contributed by atoms with van der Waals surface area (Å²) in [5.74, 6) is -0.392. The quantitative estimate of drug-likeness (QED) is 0.416. The van der Waals surface area contributed by atoms with E-state index < -0.39 is 12.0 Å². The van der Waals surface area contributed by atoms with Crippen LogP contribution >= 0.6 is 15.9 Å². The van der Waals surface area contributed by atoms with Crippen molar-refractivity contribution >= 4 is 49.9 Å². The predicted molar refractivity (Wildman–Crippen MR) is 125 cm³/mol. The molecule has 2 aromatic carbocycles. The van der Waals surface area contributed by atoms with Crippen LogP contribution in [0.15, 0.2) is 63.0 Å². The number of aliphatic carboxylic acids is 1. The Bertz CT molecular complexity index is 1400. The highest BCUT2D eigenvalue weighted by atomic mass is 79.9. The van der Waals surface area contributed by atoms with E-state index in [0.29, 0.717) is 16.7 Å². The second kappa shape index (κ2) is 8.11. The molecule has 0 aliphatic rings. The summed E-state index contributed by atoms with van der Waals surface area (Å²) < 4.78 is 3.81. The maximum Gasteiger partial charge on any atom is 0.326 e. The minimum absolute atomic E-state index is 0.0220. The molecule has 0 saturated carbocycles. The summed E-state index contributed by atoms with van der Waals surface area (Å²) in [6, 6.07) is 12.2. The zero-order valence-corrected chi connectivity index (χ0v) is 18.9. The van der Waals surface area contributed by atoms with Gasteiger partial charge in [0.15, 0.2) is 0 Å². The fourth-order valence-electron chi connectivity index (χ4n) is 3.55. The fourth-order valence-corrected chi connectivity index (χ4v) is 3.91. The van der Waals surface area contributed by atoms with Crippen LogP contribution < -0.4 is 5.56 Å². The third-order valence-corrected chi connectivity index (χ3v) is 5.70. The van der Waals surface area contributed by atoms with Crippen LogP contribution in [0.4, 0.5) is 0 Å². The zero-order valence-electron chi connectivity index (χ0n) is 17.3. The maximum atomic E-state index is 13.2. The second-order valence-corrected chi connectivity index (χ2v) is 8.59. The first-order valence-electron chi connectivity index (χ1n) is 9.87. The molecule has 0 spiro atoms. The molecule has 0 aliphatic heterocycles. The molecule has 0 fully saturated rings. The Hall–Kier alpha value is -3.26. The summed E-state index contributed by atoms with van der Waals surface area (Å²) in [5, 5.41) is 15.3. The van der Waals surface area contributed by atoms with E-state index in [0.717, 1.165) is 20.9 Å². The van der Waals surface area contributed by atoms with Gasteiger partial charge in [-0.3, -0.25) is 4.79 Å². The molecule has 2 heterocycles. The largest absolute Gasteiger partial charge is 0.480 e. The lowest BCUT2D eigenvalue weighted by Gasteiger charge is -2.11. The monoisotopic (exact) mass is 480 g/mol. The Morgan fingerprint density at radius 2 is 1.90 bits per heavy atom. The van der Waals surface area contributed by atoms with Crippen LogP contribution in [0.5, 0.6) is 0 Å². The highest BCUT2D eigenvalue weighted by molar-refractivity contribution is 9.10. The zero-order chi connectivity index (χ0) is 22.3. The fraction of sp³-hybridized carbons (Fsp3) is 0.217. The van der Waals surface area contributed by atoms with Gasteiger partial charge in [-0.05, 0) is 31.2 Å². The van der Waals surface area contributed by atoms with Crippen molar-refractivity contribution in [2.45, 2.75) is 32.7 Å². The average Bonchev–Trinajstić information content (AvgIpc) is 3.11. The van der Waals surface area contributed by atoms with Gasteiger partial charge in [0.25, 0.3) is 5.56 Å². The molecule has 0 unspecified atom stereocenters. The molecule has 0 aliphatic carbocycles. The van der Waals surface area contributed by atoms with Crippen LogP contribution in [0.1, 0.15) is 44.1 Å². The number of para-hydroxylation sites is 1. The molecule has 4 aromatic rings. The van der Waals surface area contributed by atoms with Crippen molar-refractivity contribution < 1.29 is 9.90 Å². The van der Waals surface area contributed by atoms with E-state index in [9.17, 15) is 14.7 Å². The molecule has 2 aromatic heterocycles. The Kier molecular flexibility index (Phi) is 5.49. The van der Waals surface area contributed by atoms with E-state index in [4.69, 9.17) is 0 Å². The van der Waals surface area contributed by atoms with Gasteiger partial charge in [0, 0.05) is 33.1 Å². The number of benzene rings is 2. The van der Waals surface area contributed by atoms with Crippen LogP contribution in [0.2, 0.25) is 0 Å². The number of rotatable bonds is 5. The molecule has 1 atom stereocenters. The molecule has 7 nitrogen and oxygen atoms in total. The van der Waals surface area contributed by atoms with Crippen molar-refractivity contribution in [3.8, 4) is 0 Å². The first kappa shape index (κ1) is 21.0. The SMILES string of the molecule is CC(C)c1nc2ccc(Br)cc2c(=O)n1N=Cc1cn([C@@H](C)C(=O)O)c2ccccc12. The number of fused-ring (bicyclic) bond motifs is 2. The smallest absolute Gasteiger partial charge is 0.326 e. The normalized spacial score (nSPS) is 12.9. The molecule has 0 radical (unpaired) electrons. The molecule has 4 rings (SSSR count). The Balaban J connectivity index is 1.90. The van der Waals surface area contributed by atoms with Crippen LogP contribution in [0, 0.1) is 0 Å². The van der Waals surface area contributed by atoms with Gasteiger partial charge in [0.1, 0.15) is 11.9 Å². The molecule has 1 N–H and O–H groups in total. The minimum atomic E-state index is -0.924. The van der Waals surface area contributed by atoms with Gasteiger partial charge in [-0.2, -0.15) is 9.78 Å². The third kappa shape index (κ3) is 3.79. The summed E-state index contributed by atoms with van der Waals surface area (Å²) >= 11 is 3.40. The molecule has 31 heavy (non-hydrogen) atoms. The highest BCUT2D eigenvalue weighted by Crippen LogP contribution is 2.24. The minimum Gasteiger partial charge on any atom is -0.480 e. The number of hydrogen-bond acceptors (Lipinski definition) is 4. The summed E-state index contributed by atoms with van der Waals surface area (Å²) in [7, 11) is 0. The van der Waals surface area contributed by atoms with Crippen molar-refractivity contribution in [1.29, 1.82) is 0 Å². The number of nitrogens with zero attached hydrogens (tertiary/aromatic N) is 4. The standard InChI is InChI=1S/C23H21BrN4O3/c1-13(2)21-26-19-9-8-16(24)10-18(19)22(29)28(21)25-11-15-12-27(14(3)23(30)31)20-7-5-4-6-17(15)20/h4-14H,1-3H3,(H,30,31)/t14-/m0/s1. The van der Waals surface area contributed by atoms with Crippen LogP contribution in [-0.4, -0.2) is 31.5 Å². The van der Waals surface area contributed by atoms with Gasteiger partial charge in [-0.1, -0.05) is 48.0 Å². The summed E-state index contributed by atoms with van der Waals surface area (Å²) in [4.78, 5) is 29.4. The van der Waals surface area contributed by atoms with Crippen molar-refractivity contribution in [3.05, 3.63) is 74.9 Å². The van der Waals surface area contributed by atoms with Gasteiger partial charge in [0.05, 0.1) is 17.1 Å². The van der Waals surface area contributed by atoms with Crippen molar-refractivity contribution in [1.82, 2.24) is 14.2 Å². The van der Waals surface area contributed by atoms with E-state index in [1.807, 2.05) is 50.2 Å². The van der Waals surface area contributed by atoms with Crippen molar-refractivity contribution in [3.63, 3.8) is 0 Å². The Morgan fingerprint density at radius 1 is 1.16 bits per heavy atom. The Labute approximate surface area is 186 Å². The molecule has 8 heteroatoms. The maximum absolute atomic E-state index is 13.2. The molecule has 0 amide bonds. The number of carboxylic acid groups (broad SMARTS) is 1. The van der Waals surface area contributed by atoms with Crippen molar-refractivity contribution in [2.75, 3.05) is 0 Å². The number of carboxylic acids is 1. The Morgan fingerprint density at radius 3 is 2.61 bits per heavy atom. The molecule has 0 saturated heterocycles. The van der Waals surface area contributed by atoms with Gasteiger partial charge < -0.3 is 9.67 Å². The average molecular weight is 481 g/mol. The van der Waals surface area contributed by atoms with E-state index in [1.54, 1.807) is 30.0 Å². The van der Waals surface area contributed by atoms with Crippen LogP contribution in [-0.2, 0) is 4.79 Å².